The van der Waals surface area contributed by atoms with Gasteiger partial charge in [0.2, 0.25) is 0 Å². The maximum atomic E-state index is 12.7. The number of hydrogen-bond donors (Lipinski definition) is 2. The molecule has 3 aromatic rings. The second-order valence-corrected chi connectivity index (χ2v) is 8.75. The molecule has 4 rings (SSSR count). The fourth-order valence-electron chi connectivity index (χ4n) is 3.35. The van der Waals surface area contributed by atoms with E-state index >= 15 is 0 Å². The van der Waals surface area contributed by atoms with E-state index in [9.17, 15) is 4.79 Å². The van der Waals surface area contributed by atoms with Crippen molar-refractivity contribution in [1.29, 1.82) is 0 Å². The van der Waals surface area contributed by atoms with Crippen LogP contribution in [0.1, 0.15) is 29.0 Å². The highest BCUT2D eigenvalue weighted by Gasteiger charge is 2.21. The van der Waals surface area contributed by atoms with Crippen LogP contribution in [0.3, 0.4) is 0 Å². The monoisotopic (exact) mass is 386 g/mol. The van der Waals surface area contributed by atoms with Gasteiger partial charge in [-0.2, -0.15) is 0 Å². The minimum atomic E-state index is -0.103. The molecule has 1 fully saturated rings. The van der Waals surface area contributed by atoms with Gasteiger partial charge in [-0.15, -0.1) is 23.1 Å². The Hall–Kier alpha value is -1.76. The summed E-state index contributed by atoms with van der Waals surface area (Å²) in [6.07, 6.45) is 2.21. The molecule has 0 bridgehead atoms. The second-order valence-electron chi connectivity index (χ2n) is 6.53. The summed E-state index contributed by atoms with van der Waals surface area (Å²) in [5, 5.41) is 9.52. The van der Waals surface area contributed by atoms with Gasteiger partial charge in [0.05, 0.1) is 4.21 Å². The Labute approximate surface area is 161 Å². The third kappa shape index (κ3) is 3.98. The number of nitrogens with one attached hydrogen (secondary N) is 2. The van der Waals surface area contributed by atoms with Crippen molar-refractivity contribution in [1.82, 2.24) is 10.6 Å². The molecule has 26 heavy (non-hydrogen) atoms. The summed E-state index contributed by atoms with van der Waals surface area (Å²) in [7, 11) is 0. The van der Waals surface area contributed by atoms with Crippen LogP contribution in [0.25, 0.3) is 11.0 Å². The van der Waals surface area contributed by atoms with Crippen molar-refractivity contribution in [2.75, 3.05) is 19.6 Å². The molecule has 0 radical (unpaired) electrons. The smallest absolute Gasteiger partial charge is 0.287 e. The van der Waals surface area contributed by atoms with Gasteiger partial charge in [-0.25, -0.2) is 0 Å². The molecule has 3 heterocycles. The number of benzene rings is 1. The Bertz CT molecular complexity index is 867. The van der Waals surface area contributed by atoms with Crippen LogP contribution in [0.2, 0.25) is 0 Å². The number of thiophene rings is 1. The molecule has 1 unspecified atom stereocenters. The predicted octanol–water partition coefficient (Wildman–Crippen LogP) is 4.52. The first-order valence-electron chi connectivity index (χ1n) is 8.97. The minimum absolute atomic E-state index is 0.103. The van der Waals surface area contributed by atoms with Gasteiger partial charge in [-0.1, -0.05) is 24.3 Å². The van der Waals surface area contributed by atoms with E-state index in [1.54, 1.807) is 23.1 Å². The lowest BCUT2D eigenvalue weighted by Gasteiger charge is -2.09. The molecular formula is C20H22N2O2S2. The summed E-state index contributed by atoms with van der Waals surface area (Å²) in [6.45, 7) is 2.84. The lowest BCUT2D eigenvalue weighted by molar-refractivity contribution is 0.0925. The van der Waals surface area contributed by atoms with Crippen LogP contribution in [0.4, 0.5) is 0 Å². The molecule has 1 amide bonds. The van der Waals surface area contributed by atoms with Crippen molar-refractivity contribution < 1.29 is 9.21 Å². The summed E-state index contributed by atoms with van der Waals surface area (Å²) in [6, 6.07) is 12.0. The van der Waals surface area contributed by atoms with Crippen LogP contribution in [0.5, 0.6) is 0 Å². The van der Waals surface area contributed by atoms with Crippen LogP contribution in [0, 0.1) is 5.92 Å². The molecule has 136 valence electrons. The molecular weight excluding hydrogens is 364 g/mol. The van der Waals surface area contributed by atoms with E-state index in [1.807, 2.05) is 30.3 Å². The topological polar surface area (TPSA) is 54.3 Å². The number of carbonyl (C=O) groups is 1. The summed E-state index contributed by atoms with van der Waals surface area (Å²) in [5.74, 6) is 1.75. The molecule has 1 atom stereocenters. The van der Waals surface area contributed by atoms with Crippen LogP contribution >= 0.6 is 23.1 Å². The van der Waals surface area contributed by atoms with E-state index < -0.39 is 0 Å². The Morgan fingerprint density at radius 1 is 1.31 bits per heavy atom. The fourth-order valence-corrected chi connectivity index (χ4v) is 5.16. The average molecular weight is 387 g/mol. The Kier molecular flexibility index (Phi) is 5.62. The van der Waals surface area contributed by atoms with E-state index in [4.69, 9.17) is 4.42 Å². The Morgan fingerprint density at radius 2 is 2.23 bits per heavy atom. The third-order valence-corrected chi connectivity index (χ3v) is 6.92. The number of amides is 1. The second kappa shape index (κ2) is 8.29. The van der Waals surface area contributed by atoms with Gasteiger partial charge in [0.15, 0.2) is 5.76 Å². The maximum Gasteiger partial charge on any atom is 0.287 e. The molecule has 2 aromatic heterocycles. The minimum Gasteiger partial charge on any atom is -0.451 e. The number of furan rings is 1. The quantitative estimate of drug-likeness (QED) is 0.587. The summed E-state index contributed by atoms with van der Waals surface area (Å²) >= 11 is 3.46. The zero-order chi connectivity index (χ0) is 17.8. The largest absolute Gasteiger partial charge is 0.451 e. The number of para-hydroxylation sites is 1. The number of carbonyl (C=O) groups excluding carboxylic acids is 1. The normalized spacial score (nSPS) is 17.0. The van der Waals surface area contributed by atoms with Crippen LogP contribution < -0.4 is 10.6 Å². The van der Waals surface area contributed by atoms with Gasteiger partial charge in [0.25, 0.3) is 5.91 Å². The number of rotatable bonds is 7. The van der Waals surface area contributed by atoms with Crippen molar-refractivity contribution in [2.24, 2.45) is 5.92 Å². The molecule has 1 saturated heterocycles. The van der Waals surface area contributed by atoms with Gasteiger partial charge in [0.1, 0.15) is 5.58 Å². The molecule has 1 aromatic carbocycles. The highest BCUT2D eigenvalue weighted by molar-refractivity contribution is 8.00. The molecule has 4 nitrogen and oxygen atoms in total. The van der Waals surface area contributed by atoms with Gasteiger partial charge in [0, 0.05) is 23.2 Å². The van der Waals surface area contributed by atoms with E-state index in [0.717, 1.165) is 41.8 Å². The van der Waals surface area contributed by atoms with Gasteiger partial charge in [-0.05, 0) is 49.4 Å². The number of hydrogen-bond acceptors (Lipinski definition) is 5. The standard InChI is InChI=1S/C20H22N2O2S2/c23-20(22-10-8-14-7-9-21-12-14)19-16(13-26-18-6-3-11-25-18)15-4-1-2-5-17(15)24-19/h1-6,11,14,21H,7-10,12-13H2,(H,22,23). The molecule has 0 saturated carbocycles. The first kappa shape index (κ1) is 17.6. The molecule has 2 N–H and O–H groups in total. The Balaban J connectivity index is 1.48. The summed E-state index contributed by atoms with van der Waals surface area (Å²) in [4.78, 5) is 12.7. The maximum absolute atomic E-state index is 12.7. The van der Waals surface area contributed by atoms with Crippen molar-refractivity contribution in [2.45, 2.75) is 22.8 Å². The summed E-state index contributed by atoms with van der Waals surface area (Å²) in [5.41, 5.74) is 1.76. The van der Waals surface area contributed by atoms with Gasteiger partial charge < -0.3 is 15.1 Å². The predicted molar refractivity (Wildman–Crippen MR) is 108 cm³/mol. The highest BCUT2D eigenvalue weighted by Crippen LogP contribution is 2.33. The molecule has 0 spiro atoms. The zero-order valence-corrected chi connectivity index (χ0v) is 16.1. The van der Waals surface area contributed by atoms with Gasteiger partial charge in [-0.3, -0.25) is 4.79 Å². The SMILES string of the molecule is O=C(NCCC1CCNC1)c1oc2ccccc2c1CSc1cccs1. The van der Waals surface area contributed by atoms with Gasteiger partial charge >= 0.3 is 0 Å². The molecule has 6 heteroatoms. The fraction of sp³-hybridized carbons (Fsp3) is 0.350. The van der Waals surface area contributed by atoms with Crippen molar-refractivity contribution in [3.05, 3.63) is 53.1 Å². The lowest BCUT2D eigenvalue weighted by Crippen LogP contribution is -2.26. The first-order valence-corrected chi connectivity index (χ1v) is 10.8. The van der Waals surface area contributed by atoms with Crippen molar-refractivity contribution in [3.8, 4) is 0 Å². The van der Waals surface area contributed by atoms with E-state index in [0.29, 0.717) is 18.2 Å². The molecule has 1 aliphatic heterocycles. The Morgan fingerprint density at radius 3 is 3.04 bits per heavy atom. The number of fused-ring (bicyclic) bond motifs is 1. The van der Waals surface area contributed by atoms with E-state index in [1.165, 1.54) is 10.6 Å². The first-order chi connectivity index (χ1) is 12.8. The van der Waals surface area contributed by atoms with E-state index in [-0.39, 0.29) is 5.91 Å². The van der Waals surface area contributed by atoms with Crippen LogP contribution in [-0.4, -0.2) is 25.5 Å². The summed E-state index contributed by atoms with van der Waals surface area (Å²) < 4.78 is 7.16. The highest BCUT2D eigenvalue weighted by atomic mass is 32.2. The van der Waals surface area contributed by atoms with Crippen LogP contribution in [0.15, 0.2) is 50.4 Å². The third-order valence-electron chi connectivity index (χ3n) is 4.76. The molecule has 0 aliphatic carbocycles. The van der Waals surface area contributed by atoms with E-state index in [2.05, 4.69) is 22.1 Å². The molecule has 1 aliphatic rings. The zero-order valence-electron chi connectivity index (χ0n) is 14.5. The average Bonchev–Trinajstić information content (AvgIpc) is 3.40. The van der Waals surface area contributed by atoms with Crippen molar-refractivity contribution in [3.63, 3.8) is 0 Å². The van der Waals surface area contributed by atoms with Crippen molar-refractivity contribution >= 4 is 40.0 Å². The lowest BCUT2D eigenvalue weighted by atomic mass is 10.1. The van der Waals surface area contributed by atoms with Crippen LogP contribution in [-0.2, 0) is 5.75 Å². The number of thioether (sulfide) groups is 1.